The van der Waals surface area contributed by atoms with Crippen molar-refractivity contribution < 1.29 is 4.79 Å². The van der Waals surface area contributed by atoms with Crippen molar-refractivity contribution >= 4 is 5.78 Å². The second-order valence-electron chi connectivity index (χ2n) is 6.71. The second-order valence-corrected chi connectivity index (χ2v) is 6.71. The molecule has 0 unspecified atom stereocenters. The molecule has 1 nitrogen and oxygen atoms in total. The molecule has 1 heteroatoms. The van der Waals surface area contributed by atoms with Crippen LogP contribution in [0.1, 0.15) is 60.8 Å². The van der Waals surface area contributed by atoms with Gasteiger partial charge in [-0.2, -0.15) is 0 Å². The van der Waals surface area contributed by atoms with Gasteiger partial charge in [0.15, 0.2) is 5.78 Å². The zero-order valence-electron chi connectivity index (χ0n) is 11.7. The SMILES string of the molecule is CC(C)CC1=C(C(C)C)C(=O)CC(C)(C)C1. The molecular weight excluding hydrogens is 196 g/mol. The number of carbonyl (C=O) groups is 1. The van der Waals surface area contributed by atoms with E-state index in [-0.39, 0.29) is 5.41 Å². The van der Waals surface area contributed by atoms with Crippen molar-refractivity contribution in [2.75, 3.05) is 0 Å². The quantitative estimate of drug-likeness (QED) is 0.693. The maximum Gasteiger partial charge on any atom is 0.159 e. The summed E-state index contributed by atoms with van der Waals surface area (Å²) in [6, 6.07) is 0. The monoisotopic (exact) mass is 222 g/mol. The standard InChI is InChI=1S/C15H26O/c1-10(2)7-12-8-15(5,6)9-13(16)14(12)11(3)4/h10-11H,7-9H2,1-6H3. The summed E-state index contributed by atoms with van der Waals surface area (Å²) in [5, 5.41) is 0. The first kappa shape index (κ1) is 13.5. The van der Waals surface area contributed by atoms with E-state index in [2.05, 4.69) is 41.5 Å². The second kappa shape index (κ2) is 4.73. The van der Waals surface area contributed by atoms with Gasteiger partial charge in [-0.15, -0.1) is 0 Å². The Balaban J connectivity index is 3.07. The highest BCUT2D eigenvalue weighted by molar-refractivity contribution is 5.97. The lowest BCUT2D eigenvalue weighted by Gasteiger charge is -2.34. The van der Waals surface area contributed by atoms with E-state index in [0.29, 0.717) is 17.6 Å². The zero-order chi connectivity index (χ0) is 12.5. The topological polar surface area (TPSA) is 17.1 Å². The molecule has 1 aliphatic rings. The number of rotatable bonds is 3. The fourth-order valence-electron chi connectivity index (χ4n) is 2.87. The molecule has 1 aliphatic carbocycles. The van der Waals surface area contributed by atoms with Gasteiger partial charge in [-0.3, -0.25) is 4.79 Å². The molecule has 0 amide bonds. The van der Waals surface area contributed by atoms with E-state index < -0.39 is 0 Å². The molecule has 0 fully saturated rings. The molecule has 0 saturated carbocycles. The van der Waals surface area contributed by atoms with Crippen LogP contribution in [0.15, 0.2) is 11.1 Å². The molecule has 0 atom stereocenters. The van der Waals surface area contributed by atoms with Gasteiger partial charge < -0.3 is 0 Å². The van der Waals surface area contributed by atoms with E-state index in [1.807, 2.05) is 0 Å². The first-order valence-corrected chi connectivity index (χ1v) is 6.48. The van der Waals surface area contributed by atoms with Gasteiger partial charge in [-0.25, -0.2) is 0 Å². The van der Waals surface area contributed by atoms with Crippen LogP contribution in [0.2, 0.25) is 0 Å². The summed E-state index contributed by atoms with van der Waals surface area (Å²) in [7, 11) is 0. The Hall–Kier alpha value is -0.590. The summed E-state index contributed by atoms with van der Waals surface area (Å²) in [5.74, 6) is 1.42. The van der Waals surface area contributed by atoms with Crippen LogP contribution < -0.4 is 0 Å². The van der Waals surface area contributed by atoms with Gasteiger partial charge in [-0.05, 0) is 35.7 Å². The molecule has 92 valence electrons. The van der Waals surface area contributed by atoms with Gasteiger partial charge in [0.05, 0.1) is 0 Å². The fourth-order valence-corrected chi connectivity index (χ4v) is 2.87. The van der Waals surface area contributed by atoms with Crippen LogP contribution in [0.5, 0.6) is 0 Å². The van der Waals surface area contributed by atoms with Crippen LogP contribution in [0.25, 0.3) is 0 Å². The highest BCUT2D eigenvalue weighted by atomic mass is 16.1. The Morgan fingerprint density at radius 2 is 1.69 bits per heavy atom. The number of carbonyl (C=O) groups excluding carboxylic acids is 1. The van der Waals surface area contributed by atoms with Crippen LogP contribution in [-0.2, 0) is 4.79 Å². The van der Waals surface area contributed by atoms with Crippen molar-refractivity contribution in [1.29, 1.82) is 0 Å². The van der Waals surface area contributed by atoms with Crippen molar-refractivity contribution in [1.82, 2.24) is 0 Å². The molecule has 0 bridgehead atoms. The number of hydrogen-bond acceptors (Lipinski definition) is 1. The van der Waals surface area contributed by atoms with Gasteiger partial charge >= 0.3 is 0 Å². The van der Waals surface area contributed by atoms with Crippen LogP contribution in [0, 0.1) is 17.3 Å². The van der Waals surface area contributed by atoms with Crippen LogP contribution in [0.3, 0.4) is 0 Å². The molecule has 0 aliphatic heterocycles. The third-order valence-electron chi connectivity index (χ3n) is 3.24. The number of hydrogen-bond donors (Lipinski definition) is 0. The predicted molar refractivity (Wildman–Crippen MR) is 69.3 cm³/mol. The van der Waals surface area contributed by atoms with Crippen molar-refractivity contribution in [2.45, 2.75) is 60.8 Å². The van der Waals surface area contributed by atoms with E-state index in [4.69, 9.17) is 0 Å². The predicted octanol–water partition coefficient (Wildman–Crippen LogP) is 4.37. The number of allylic oxidation sites excluding steroid dienone is 2. The van der Waals surface area contributed by atoms with Gasteiger partial charge in [0, 0.05) is 6.42 Å². The molecule has 16 heavy (non-hydrogen) atoms. The lowest BCUT2D eigenvalue weighted by atomic mass is 9.70. The van der Waals surface area contributed by atoms with Gasteiger partial charge in [-0.1, -0.05) is 47.1 Å². The molecule has 0 aromatic heterocycles. The molecule has 0 saturated heterocycles. The molecule has 0 radical (unpaired) electrons. The van der Waals surface area contributed by atoms with Gasteiger partial charge in [0.25, 0.3) is 0 Å². The molecule has 0 aromatic carbocycles. The average molecular weight is 222 g/mol. The minimum atomic E-state index is 0.166. The Morgan fingerprint density at radius 3 is 2.12 bits per heavy atom. The van der Waals surface area contributed by atoms with E-state index >= 15 is 0 Å². The van der Waals surface area contributed by atoms with Crippen LogP contribution in [0.4, 0.5) is 0 Å². The van der Waals surface area contributed by atoms with Gasteiger partial charge in [0.2, 0.25) is 0 Å². The average Bonchev–Trinajstić information content (AvgIpc) is 1.96. The van der Waals surface area contributed by atoms with E-state index in [1.165, 1.54) is 5.57 Å². The summed E-state index contributed by atoms with van der Waals surface area (Å²) in [5.41, 5.74) is 2.72. The Bertz CT molecular complexity index is 305. The minimum Gasteiger partial charge on any atom is -0.295 e. The molecular formula is C15H26O. The van der Waals surface area contributed by atoms with Crippen molar-refractivity contribution in [3.63, 3.8) is 0 Å². The molecule has 0 aromatic rings. The summed E-state index contributed by atoms with van der Waals surface area (Å²) in [6.45, 7) is 13.2. The summed E-state index contributed by atoms with van der Waals surface area (Å²) in [6.07, 6.45) is 2.91. The Kier molecular flexibility index (Phi) is 3.98. The largest absolute Gasteiger partial charge is 0.295 e. The minimum absolute atomic E-state index is 0.166. The number of Topliss-reactive ketones (excluding diaryl/α,β-unsaturated/α-hetero) is 1. The Morgan fingerprint density at radius 1 is 1.12 bits per heavy atom. The smallest absolute Gasteiger partial charge is 0.159 e. The van der Waals surface area contributed by atoms with E-state index in [9.17, 15) is 4.79 Å². The molecule has 0 spiro atoms. The number of ketones is 1. The third-order valence-corrected chi connectivity index (χ3v) is 3.24. The maximum atomic E-state index is 12.2. The highest BCUT2D eigenvalue weighted by Crippen LogP contribution is 2.41. The fraction of sp³-hybridized carbons (Fsp3) is 0.800. The lowest BCUT2D eigenvalue weighted by molar-refractivity contribution is -0.118. The highest BCUT2D eigenvalue weighted by Gasteiger charge is 2.33. The van der Waals surface area contributed by atoms with Crippen molar-refractivity contribution in [3.8, 4) is 0 Å². The lowest BCUT2D eigenvalue weighted by Crippen LogP contribution is -2.28. The van der Waals surface area contributed by atoms with E-state index in [0.717, 1.165) is 24.8 Å². The maximum absolute atomic E-state index is 12.2. The van der Waals surface area contributed by atoms with Gasteiger partial charge in [0.1, 0.15) is 0 Å². The first-order valence-electron chi connectivity index (χ1n) is 6.48. The summed E-state index contributed by atoms with van der Waals surface area (Å²) < 4.78 is 0. The van der Waals surface area contributed by atoms with Crippen LogP contribution in [-0.4, -0.2) is 5.78 Å². The summed E-state index contributed by atoms with van der Waals surface area (Å²) >= 11 is 0. The van der Waals surface area contributed by atoms with Crippen LogP contribution >= 0.6 is 0 Å². The summed E-state index contributed by atoms with van der Waals surface area (Å²) in [4.78, 5) is 12.2. The molecule has 0 heterocycles. The normalized spacial score (nSPS) is 21.1. The van der Waals surface area contributed by atoms with E-state index in [1.54, 1.807) is 0 Å². The first-order chi connectivity index (χ1) is 7.23. The third kappa shape index (κ3) is 3.20. The Labute approximate surface area is 100 Å². The van der Waals surface area contributed by atoms with Crippen molar-refractivity contribution in [3.05, 3.63) is 11.1 Å². The zero-order valence-corrected chi connectivity index (χ0v) is 11.7. The molecule has 0 N–H and O–H groups in total. The van der Waals surface area contributed by atoms with Crippen molar-refractivity contribution in [2.24, 2.45) is 17.3 Å². The molecule has 1 rings (SSSR count).